The molecule has 0 aliphatic heterocycles. The van der Waals surface area contributed by atoms with Crippen molar-refractivity contribution in [1.82, 2.24) is 4.90 Å². The van der Waals surface area contributed by atoms with Crippen molar-refractivity contribution in [2.24, 2.45) is 5.73 Å². The number of carboxylic acids is 1. The topological polar surface area (TPSA) is 127 Å². The molecule has 98 valence electrons. The lowest BCUT2D eigenvalue weighted by Gasteiger charge is -2.17. The van der Waals surface area contributed by atoms with Gasteiger partial charge >= 0.3 is 5.97 Å². The zero-order valence-corrected chi connectivity index (χ0v) is 9.54. The molecule has 0 aromatic heterocycles. The van der Waals surface area contributed by atoms with Crippen molar-refractivity contribution in [3.05, 3.63) is 0 Å². The van der Waals surface area contributed by atoms with Crippen LogP contribution in [-0.2, 0) is 4.79 Å². The quantitative estimate of drug-likeness (QED) is 0.337. The predicted octanol–water partition coefficient (Wildman–Crippen LogP) is -2.32. The van der Waals surface area contributed by atoms with Crippen molar-refractivity contribution in [1.29, 1.82) is 0 Å². The van der Waals surface area contributed by atoms with Crippen LogP contribution in [0, 0.1) is 0 Å². The third-order valence-electron chi connectivity index (χ3n) is 1.64. The van der Waals surface area contributed by atoms with Gasteiger partial charge in [-0.25, -0.2) is 0 Å². The van der Waals surface area contributed by atoms with E-state index >= 15 is 0 Å². The number of hydrogen-bond acceptors (Lipinski definition) is 6. The van der Waals surface area contributed by atoms with Gasteiger partial charge in [0.05, 0.1) is 19.8 Å². The van der Waals surface area contributed by atoms with Gasteiger partial charge in [0.2, 0.25) is 0 Å². The van der Waals surface area contributed by atoms with Crippen molar-refractivity contribution in [3.8, 4) is 0 Å². The maximum Gasteiger partial charge on any atom is 0.320 e. The molecule has 0 radical (unpaired) electrons. The molecule has 0 rings (SSSR count). The lowest BCUT2D eigenvalue weighted by Crippen LogP contribution is -2.32. The van der Waals surface area contributed by atoms with Gasteiger partial charge in [0.1, 0.15) is 6.04 Å². The van der Waals surface area contributed by atoms with Crippen LogP contribution in [0.1, 0.15) is 6.92 Å². The molecule has 0 amide bonds. The molecule has 0 heterocycles. The lowest BCUT2D eigenvalue weighted by molar-refractivity contribution is -0.138. The number of nitrogens with two attached hydrogens (primary N) is 1. The van der Waals surface area contributed by atoms with Gasteiger partial charge < -0.3 is 26.2 Å². The Bertz CT molecular complexity index is 152. The molecule has 7 nitrogen and oxygen atoms in total. The first-order valence-electron chi connectivity index (χ1n) is 5.02. The first kappa shape index (κ1) is 17.7. The van der Waals surface area contributed by atoms with E-state index in [4.69, 9.17) is 26.2 Å². The van der Waals surface area contributed by atoms with Crippen LogP contribution >= 0.6 is 0 Å². The zero-order chi connectivity index (χ0) is 13.0. The normalized spacial score (nSPS) is 11.9. The second kappa shape index (κ2) is 12.3. The van der Waals surface area contributed by atoms with Crippen molar-refractivity contribution >= 4 is 5.97 Å². The Morgan fingerprint density at radius 1 is 1.12 bits per heavy atom. The van der Waals surface area contributed by atoms with E-state index in [1.54, 1.807) is 4.90 Å². The Hall–Kier alpha value is -0.730. The fourth-order valence-electron chi connectivity index (χ4n) is 0.760. The Morgan fingerprint density at radius 3 is 1.50 bits per heavy atom. The Morgan fingerprint density at radius 2 is 1.38 bits per heavy atom. The minimum absolute atomic E-state index is 0.0694. The highest BCUT2D eigenvalue weighted by Crippen LogP contribution is 1.84. The number of aliphatic hydroxyl groups is 3. The number of aliphatic hydroxyl groups excluding tert-OH is 3. The number of hydrogen-bond donors (Lipinski definition) is 5. The second-order valence-corrected chi connectivity index (χ2v) is 3.14. The van der Waals surface area contributed by atoms with E-state index in [0.717, 1.165) is 0 Å². The average molecular weight is 238 g/mol. The molecule has 1 atom stereocenters. The number of rotatable bonds is 7. The molecule has 6 N–H and O–H groups in total. The summed E-state index contributed by atoms with van der Waals surface area (Å²) in [5.41, 5.74) is 4.84. The summed E-state index contributed by atoms with van der Waals surface area (Å²) in [6.07, 6.45) is 0. The third-order valence-corrected chi connectivity index (χ3v) is 1.64. The lowest BCUT2D eigenvalue weighted by atomic mass is 10.4. The molecule has 16 heavy (non-hydrogen) atoms. The molecule has 0 aliphatic rings. The van der Waals surface area contributed by atoms with Crippen LogP contribution in [-0.4, -0.2) is 76.8 Å². The van der Waals surface area contributed by atoms with Crippen LogP contribution in [0.2, 0.25) is 0 Å². The fourth-order valence-corrected chi connectivity index (χ4v) is 0.760. The SMILES string of the molecule is C[C@H](N)C(=O)O.OCCN(CCO)CCO. The average Bonchev–Trinajstić information content (AvgIpc) is 2.19. The molecular formula is C9H22N2O5. The molecule has 0 fully saturated rings. The third kappa shape index (κ3) is 13.3. The smallest absolute Gasteiger partial charge is 0.320 e. The summed E-state index contributed by atoms with van der Waals surface area (Å²) in [4.78, 5) is 11.4. The predicted molar refractivity (Wildman–Crippen MR) is 59.0 cm³/mol. The summed E-state index contributed by atoms with van der Waals surface area (Å²) >= 11 is 0. The monoisotopic (exact) mass is 238 g/mol. The summed E-state index contributed by atoms with van der Waals surface area (Å²) in [5, 5.41) is 33.3. The van der Waals surface area contributed by atoms with Gasteiger partial charge in [-0.3, -0.25) is 9.69 Å². The summed E-state index contributed by atoms with van der Waals surface area (Å²) in [6, 6.07) is -0.731. The van der Waals surface area contributed by atoms with Crippen molar-refractivity contribution in [2.45, 2.75) is 13.0 Å². The number of carbonyl (C=O) groups is 1. The van der Waals surface area contributed by atoms with Gasteiger partial charge in [0.25, 0.3) is 0 Å². The molecule has 0 saturated heterocycles. The Labute approximate surface area is 95.1 Å². The molecule has 0 unspecified atom stereocenters. The van der Waals surface area contributed by atoms with Crippen LogP contribution in [0.25, 0.3) is 0 Å². The molecule has 0 spiro atoms. The van der Waals surface area contributed by atoms with E-state index < -0.39 is 12.0 Å². The van der Waals surface area contributed by atoms with E-state index in [0.29, 0.717) is 19.6 Å². The fraction of sp³-hybridized carbons (Fsp3) is 0.889. The maximum absolute atomic E-state index is 9.57. The van der Waals surface area contributed by atoms with E-state index in [9.17, 15) is 4.79 Å². The number of carboxylic acid groups (broad SMARTS) is 1. The Balaban J connectivity index is 0. The molecule has 7 heteroatoms. The van der Waals surface area contributed by atoms with E-state index in [1.807, 2.05) is 0 Å². The molecule has 0 aromatic carbocycles. The van der Waals surface area contributed by atoms with E-state index in [1.165, 1.54) is 6.92 Å². The van der Waals surface area contributed by atoms with Gasteiger partial charge in [0.15, 0.2) is 0 Å². The minimum atomic E-state index is -0.963. The van der Waals surface area contributed by atoms with Crippen molar-refractivity contribution < 1.29 is 25.2 Å². The van der Waals surface area contributed by atoms with Gasteiger partial charge in [-0.05, 0) is 6.92 Å². The summed E-state index contributed by atoms with van der Waals surface area (Å²) < 4.78 is 0. The van der Waals surface area contributed by atoms with Crippen LogP contribution in [0.3, 0.4) is 0 Å². The van der Waals surface area contributed by atoms with Gasteiger partial charge in [-0.2, -0.15) is 0 Å². The van der Waals surface area contributed by atoms with Crippen LogP contribution in [0.15, 0.2) is 0 Å². The van der Waals surface area contributed by atoms with Gasteiger partial charge in [-0.1, -0.05) is 0 Å². The Kier molecular flexibility index (Phi) is 13.6. The molecule has 0 aliphatic carbocycles. The summed E-state index contributed by atoms with van der Waals surface area (Å²) in [6.45, 7) is 3.17. The number of aliphatic carboxylic acids is 1. The standard InChI is InChI=1S/C6H15NO3.C3H7NO2/c8-4-1-7(2-5-9)3-6-10;1-2(4)3(5)6/h8-10H,1-6H2;2H,4H2,1H3,(H,5,6)/t;2-/m.0/s1. The summed E-state index contributed by atoms with van der Waals surface area (Å²) in [5.74, 6) is -0.963. The van der Waals surface area contributed by atoms with E-state index in [2.05, 4.69) is 0 Å². The van der Waals surface area contributed by atoms with Gasteiger partial charge in [0, 0.05) is 19.6 Å². The van der Waals surface area contributed by atoms with Crippen LogP contribution in [0.4, 0.5) is 0 Å². The molecular weight excluding hydrogens is 216 g/mol. The highest BCUT2D eigenvalue weighted by atomic mass is 16.4. The highest BCUT2D eigenvalue weighted by molar-refractivity contribution is 5.72. The minimum Gasteiger partial charge on any atom is -0.480 e. The van der Waals surface area contributed by atoms with Crippen molar-refractivity contribution in [3.63, 3.8) is 0 Å². The molecule has 0 saturated carbocycles. The zero-order valence-electron chi connectivity index (χ0n) is 9.54. The van der Waals surface area contributed by atoms with Gasteiger partial charge in [-0.15, -0.1) is 0 Å². The first-order valence-corrected chi connectivity index (χ1v) is 5.02. The summed E-state index contributed by atoms with van der Waals surface area (Å²) in [7, 11) is 0. The largest absolute Gasteiger partial charge is 0.480 e. The highest BCUT2D eigenvalue weighted by Gasteiger charge is 2.00. The number of nitrogens with zero attached hydrogens (tertiary/aromatic N) is 1. The van der Waals surface area contributed by atoms with E-state index in [-0.39, 0.29) is 19.8 Å². The molecule has 0 bridgehead atoms. The van der Waals surface area contributed by atoms with Crippen molar-refractivity contribution in [2.75, 3.05) is 39.5 Å². The van der Waals surface area contributed by atoms with Crippen LogP contribution in [0.5, 0.6) is 0 Å². The van der Waals surface area contributed by atoms with Crippen LogP contribution < -0.4 is 5.73 Å². The molecule has 0 aromatic rings. The second-order valence-electron chi connectivity index (χ2n) is 3.14. The first-order chi connectivity index (χ1) is 7.49. The maximum atomic E-state index is 9.57.